The zero-order valence-corrected chi connectivity index (χ0v) is 13.7. The van der Waals surface area contributed by atoms with E-state index in [-0.39, 0.29) is 0 Å². The summed E-state index contributed by atoms with van der Waals surface area (Å²) < 4.78 is 0. The lowest BCUT2D eigenvalue weighted by atomic mass is 9.81. The number of nitrogens with one attached hydrogen (secondary N) is 1. The molecule has 1 unspecified atom stereocenters. The lowest BCUT2D eigenvalue weighted by molar-refractivity contribution is 0.00367. The quantitative estimate of drug-likeness (QED) is 0.827. The standard InChI is InChI=1S/C16H29ClN2/c1-5-16(6-2)11-18-15(4,14-7-8-14)12-19(16)10-13(3)9-17/h9,14,18H,5-8,10-12H2,1-4H3. The highest BCUT2D eigenvalue weighted by molar-refractivity contribution is 6.25. The van der Waals surface area contributed by atoms with Gasteiger partial charge >= 0.3 is 0 Å². The smallest absolute Gasteiger partial charge is 0.0333 e. The molecule has 1 saturated heterocycles. The SMILES string of the molecule is CCC1(CC)CNC(C)(C2CC2)CN1CC(C)=CCl. The van der Waals surface area contributed by atoms with Gasteiger partial charge in [0.2, 0.25) is 0 Å². The molecule has 3 heteroatoms. The third kappa shape index (κ3) is 3.01. The molecular formula is C16H29ClN2. The summed E-state index contributed by atoms with van der Waals surface area (Å²) in [5, 5.41) is 3.88. The number of halogens is 1. The van der Waals surface area contributed by atoms with Crippen LogP contribution in [0.3, 0.4) is 0 Å². The van der Waals surface area contributed by atoms with Crippen molar-refractivity contribution >= 4 is 11.6 Å². The first-order valence-corrected chi connectivity index (χ1v) is 8.19. The van der Waals surface area contributed by atoms with Crippen LogP contribution in [-0.2, 0) is 0 Å². The minimum Gasteiger partial charge on any atom is -0.308 e. The second-order valence-electron chi connectivity index (χ2n) is 6.79. The monoisotopic (exact) mass is 284 g/mol. The fourth-order valence-corrected chi connectivity index (χ4v) is 3.67. The Balaban J connectivity index is 2.17. The van der Waals surface area contributed by atoms with E-state index in [4.69, 9.17) is 11.6 Å². The van der Waals surface area contributed by atoms with Gasteiger partial charge in [0.05, 0.1) is 0 Å². The molecule has 1 aliphatic carbocycles. The Morgan fingerprint density at radius 1 is 1.37 bits per heavy atom. The number of hydrogen-bond acceptors (Lipinski definition) is 2. The lowest BCUT2D eigenvalue weighted by Crippen LogP contribution is -2.69. The fraction of sp³-hybridized carbons (Fsp3) is 0.875. The number of piperazine rings is 1. The van der Waals surface area contributed by atoms with Crippen molar-refractivity contribution in [3.63, 3.8) is 0 Å². The Morgan fingerprint density at radius 2 is 2.00 bits per heavy atom. The molecule has 0 spiro atoms. The molecule has 0 aromatic heterocycles. The van der Waals surface area contributed by atoms with Gasteiger partial charge in [-0.25, -0.2) is 0 Å². The molecule has 1 heterocycles. The second kappa shape index (κ2) is 5.75. The summed E-state index contributed by atoms with van der Waals surface area (Å²) >= 11 is 5.89. The summed E-state index contributed by atoms with van der Waals surface area (Å²) in [5.74, 6) is 0.877. The first kappa shape index (κ1) is 15.3. The number of rotatable bonds is 5. The van der Waals surface area contributed by atoms with Crippen LogP contribution in [0.5, 0.6) is 0 Å². The Morgan fingerprint density at radius 3 is 2.47 bits per heavy atom. The molecule has 0 radical (unpaired) electrons. The van der Waals surface area contributed by atoms with E-state index in [0.717, 1.165) is 25.6 Å². The van der Waals surface area contributed by atoms with E-state index in [9.17, 15) is 0 Å². The molecule has 1 saturated carbocycles. The van der Waals surface area contributed by atoms with Crippen LogP contribution < -0.4 is 5.32 Å². The summed E-state index contributed by atoms with van der Waals surface area (Å²) in [4.78, 5) is 2.69. The van der Waals surface area contributed by atoms with Gasteiger partial charge in [0.1, 0.15) is 0 Å². The Bertz CT molecular complexity index is 345. The van der Waals surface area contributed by atoms with Crippen molar-refractivity contribution in [1.29, 1.82) is 0 Å². The van der Waals surface area contributed by atoms with Crippen LogP contribution in [-0.4, -0.2) is 35.6 Å². The number of hydrogen-bond donors (Lipinski definition) is 1. The predicted molar refractivity (Wildman–Crippen MR) is 83.6 cm³/mol. The molecule has 0 aromatic carbocycles. The highest BCUT2D eigenvalue weighted by Crippen LogP contribution is 2.43. The van der Waals surface area contributed by atoms with Gasteiger partial charge in [-0.3, -0.25) is 4.90 Å². The Hall–Kier alpha value is -0.0500. The van der Waals surface area contributed by atoms with Gasteiger partial charge in [0, 0.05) is 36.2 Å². The van der Waals surface area contributed by atoms with E-state index in [1.54, 1.807) is 5.54 Å². The van der Waals surface area contributed by atoms with E-state index in [0.29, 0.717) is 11.1 Å². The fourth-order valence-electron chi connectivity index (χ4n) is 3.60. The van der Waals surface area contributed by atoms with Crippen molar-refractivity contribution in [2.24, 2.45) is 5.92 Å². The zero-order chi connectivity index (χ0) is 14.1. The van der Waals surface area contributed by atoms with Gasteiger partial charge in [-0.05, 0) is 51.0 Å². The Labute approximate surface area is 123 Å². The van der Waals surface area contributed by atoms with E-state index < -0.39 is 0 Å². The van der Waals surface area contributed by atoms with Gasteiger partial charge in [0.25, 0.3) is 0 Å². The highest BCUT2D eigenvalue weighted by atomic mass is 35.5. The van der Waals surface area contributed by atoms with Crippen molar-refractivity contribution in [2.75, 3.05) is 19.6 Å². The van der Waals surface area contributed by atoms with Gasteiger partial charge in [-0.2, -0.15) is 0 Å². The van der Waals surface area contributed by atoms with Crippen molar-refractivity contribution < 1.29 is 0 Å². The largest absolute Gasteiger partial charge is 0.308 e. The molecule has 1 aliphatic heterocycles. The summed E-state index contributed by atoms with van der Waals surface area (Å²) in [6.45, 7) is 12.5. The molecule has 0 amide bonds. The van der Waals surface area contributed by atoms with Gasteiger partial charge in [-0.15, -0.1) is 0 Å². The summed E-state index contributed by atoms with van der Waals surface area (Å²) in [5.41, 5.74) is 3.62. The molecular weight excluding hydrogens is 256 g/mol. The van der Waals surface area contributed by atoms with Crippen LogP contribution in [0.2, 0.25) is 0 Å². The van der Waals surface area contributed by atoms with Crippen LogP contribution >= 0.6 is 11.6 Å². The normalized spacial score (nSPS) is 32.6. The van der Waals surface area contributed by atoms with E-state index >= 15 is 0 Å². The highest BCUT2D eigenvalue weighted by Gasteiger charge is 2.49. The molecule has 1 atom stereocenters. The van der Waals surface area contributed by atoms with Crippen LogP contribution in [0.4, 0.5) is 0 Å². The molecule has 2 nitrogen and oxygen atoms in total. The maximum Gasteiger partial charge on any atom is 0.0333 e. The molecule has 2 aliphatic rings. The van der Waals surface area contributed by atoms with Gasteiger partial charge in [-0.1, -0.05) is 25.4 Å². The van der Waals surface area contributed by atoms with Crippen LogP contribution in [0.1, 0.15) is 53.4 Å². The molecule has 2 rings (SSSR count). The molecule has 0 aromatic rings. The molecule has 2 fully saturated rings. The first-order chi connectivity index (χ1) is 8.99. The maximum atomic E-state index is 5.89. The average molecular weight is 285 g/mol. The first-order valence-electron chi connectivity index (χ1n) is 7.75. The van der Waals surface area contributed by atoms with Crippen molar-refractivity contribution in [3.05, 3.63) is 11.1 Å². The zero-order valence-electron chi connectivity index (χ0n) is 12.9. The summed E-state index contributed by atoms with van der Waals surface area (Å²) in [6.07, 6.45) is 5.19. The van der Waals surface area contributed by atoms with Crippen LogP contribution in [0.15, 0.2) is 11.1 Å². The van der Waals surface area contributed by atoms with Crippen molar-refractivity contribution in [2.45, 2.75) is 64.5 Å². The molecule has 1 N–H and O–H groups in total. The topological polar surface area (TPSA) is 15.3 Å². The predicted octanol–water partition coefficient (Wildman–Crippen LogP) is 3.76. The van der Waals surface area contributed by atoms with Gasteiger partial charge in [0.15, 0.2) is 0 Å². The minimum atomic E-state index is 0.301. The van der Waals surface area contributed by atoms with Crippen LogP contribution in [0, 0.1) is 5.92 Å². The van der Waals surface area contributed by atoms with Crippen molar-refractivity contribution in [1.82, 2.24) is 10.2 Å². The lowest BCUT2D eigenvalue weighted by Gasteiger charge is -2.54. The van der Waals surface area contributed by atoms with Crippen molar-refractivity contribution in [3.8, 4) is 0 Å². The average Bonchev–Trinajstić information content (AvgIpc) is 3.24. The van der Waals surface area contributed by atoms with Crippen LogP contribution in [0.25, 0.3) is 0 Å². The Kier molecular flexibility index (Phi) is 4.64. The molecule has 0 bridgehead atoms. The third-order valence-corrected chi connectivity index (χ3v) is 5.81. The minimum absolute atomic E-state index is 0.301. The second-order valence-corrected chi connectivity index (χ2v) is 7.01. The van der Waals surface area contributed by atoms with Gasteiger partial charge < -0.3 is 5.32 Å². The van der Waals surface area contributed by atoms with E-state index in [1.807, 2.05) is 0 Å². The maximum absolute atomic E-state index is 5.89. The molecule has 19 heavy (non-hydrogen) atoms. The third-order valence-electron chi connectivity index (χ3n) is 5.43. The van der Waals surface area contributed by atoms with E-state index in [1.165, 1.54) is 31.3 Å². The summed E-state index contributed by atoms with van der Waals surface area (Å²) in [6, 6.07) is 0. The molecule has 110 valence electrons. The number of nitrogens with zero attached hydrogens (tertiary/aromatic N) is 1. The summed E-state index contributed by atoms with van der Waals surface area (Å²) in [7, 11) is 0. The van der Waals surface area contributed by atoms with E-state index in [2.05, 4.69) is 37.9 Å².